The van der Waals surface area contributed by atoms with Gasteiger partial charge in [0.2, 0.25) is 11.8 Å². The quantitative estimate of drug-likeness (QED) is 0.384. The number of aryl methyl sites for hydroxylation is 2. The van der Waals surface area contributed by atoms with Crippen LogP contribution in [0.15, 0.2) is 18.2 Å². The topological polar surface area (TPSA) is 87.7 Å². The molecule has 0 fully saturated rings. The Labute approximate surface area is 206 Å². The zero-order valence-electron chi connectivity index (χ0n) is 22.3. The van der Waals surface area contributed by atoms with Crippen molar-refractivity contribution < 1.29 is 19.1 Å². The van der Waals surface area contributed by atoms with Crippen molar-refractivity contribution in [1.29, 1.82) is 0 Å². The van der Waals surface area contributed by atoms with Gasteiger partial charge in [0.25, 0.3) is 0 Å². The number of hydrogen-bond donors (Lipinski definition) is 2. The molecule has 0 aromatic heterocycles. The first-order valence-electron chi connectivity index (χ1n) is 12.6. The number of carbonyl (C=O) groups is 3. The van der Waals surface area contributed by atoms with E-state index in [1.807, 2.05) is 32.0 Å². The number of carbonyl (C=O) groups excluding carboxylic acids is 3. The van der Waals surface area contributed by atoms with Crippen LogP contribution in [0.1, 0.15) is 95.9 Å². The Balaban J connectivity index is 3.20. The molecule has 0 aliphatic heterocycles. The number of unbranched alkanes of at least 4 members (excludes halogenated alkanes) is 4. The largest absolute Gasteiger partial charge is 0.444 e. The molecule has 1 aromatic carbocycles. The van der Waals surface area contributed by atoms with Crippen molar-refractivity contribution in [1.82, 2.24) is 15.5 Å². The van der Waals surface area contributed by atoms with Crippen LogP contribution in [0.25, 0.3) is 0 Å². The Hall–Kier alpha value is -2.57. The minimum absolute atomic E-state index is 0.191. The number of rotatable bonds is 13. The predicted octanol–water partition coefficient (Wildman–Crippen LogP) is 5.19. The molecular weight excluding hydrogens is 430 g/mol. The Bertz CT molecular complexity index is 781. The number of nitrogens with one attached hydrogen (secondary N) is 2. The van der Waals surface area contributed by atoms with Gasteiger partial charge in [0, 0.05) is 13.1 Å². The number of nitrogens with zero attached hydrogens (tertiary/aromatic N) is 1. The van der Waals surface area contributed by atoms with Gasteiger partial charge in [0.1, 0.15) is 18.2 Å². The Morgan fingerprint density at radius 3 is 2.06 bits per heavy atom. The standard InChI is InChI=1S/C27H45N3O4/c1-8-10-12-14-28-25(32)24(22-17-20(3)16-21(4)18-22)30(15-13-11-9-2)23(31)19-29-26(33)34-27(5,6)7/h16-18,24H,8-15,19H2,1-7H3,(H,28,32)(H,29,33). The molecule has 0 saturated heterocycles. The second-order valence-corrected chi connectivity index (χ2v) is 9.97. The van der Waals surface area contributed by atoms with E-state index >= 15 is 0 Å². The van der Waals surface area contributed by atoms with Crippen molar-refractivity contribution in [2.24, 2.45) is 0 Å². The van der Waals surface area contributed by atoms with E-state index in [1.54, 1.807) is 25.7 Å². The normalized spacial score (nSPS) is 12.1. The fourth-order valence-electron chi connectivity index (χ4n) is 3.82. The SMILES string of the molecule is CCCCCNC(=O)C(c1cc(C)cc(C)c1)N(CCCCC)C(=O)CNC(=O)OC(C)(C)C. The third kappa shape index (κ3) is 11.0. The van der Waals surface area contributed by atoms with E-state index in [9.17, 15) is 14.4 Å². The average Bonchev–Trinajstić information content (AvgIpc) is 2.72. The number of ether oxygens (including phenoxy) is 1. The van der Waals surface area contributed by atoms with Crippen LogP contribution < -0.4 is 10.6 Å². The molecule has 0 saturated carbocycles. The van der Waals surface area contributed by atoms with Gasteiger partial charge in [-0.25, -0.2) is 4.79 Å². The van der Waals surface area contributed by atoms with Crippen molar-refractivity contribution in [3.8, 4) is 0 Å². The minimum atomic E-state index is -0.759. The molecule has 0 heterocycles. The van der Waals surface area contributed by atoms with E-state index in [0.717, 1.165) is 55.2 Å². The monoisotopic (exact) mass is 475 g/mol. The molecule has 1 atom stereocenters. The van der Waals surface area contributed by atoms with Gasteiger partial charge in [-0.1, -0.05) is 68.9 Å². The van der Waals surface area contributed by atoms with Crippen molar-refractivity contribution in [2.45, 2.75) is 98.6 Å². The van der Waals surface area contributed by atoms with Gasteiger partial charge in [-0.3, -0.25) is 9.59 Å². The maximum absolute atomic E-state index is 13.4. The molecule has 34 heavy (non-hydrogen) atoms. The molecule has 0 aliphatic carbocycles. The highest BCUT2D eigenvalue weighted by atomic mass is 16.6. The molecular formula is C27H45N3O4. The maximum atomic E-state index is 13.4. The van der Waals surface area contributed by atoms with Crippen LogP contribution in [0, 0.1) is 13.8 Å². The average molecular weight is 476 g/mol. The summed E-state index contributed by atoms with van der Waals surface area (Å²) >= 11 is 0. The fraction of sp³-hybridized carbons (Fsp3) is 0.667. The van der Waals surface area contributed by atoms with Crippen LogP contribution in [0.2, 0.25) is 0 Å². The third-order valence-electron chi connectivity index (χ3n) is 5.31. The first-order valence-corrected chi connectivity index (χ1v) is 12.6. The summed E-state index contributed by atoms with van der Waals surface area (Å²) in [5, 5.41) is 5.59. The van der Waals surface area contributed by atoms with Gasteiger partial charge in [0.15, 0.2) is 0 Å². The molecule has 7 heteroatoms. The molecule has 1 rings (SSSR count). The zero-order chi connectivity index (χ0) is 25.7. The zero-order valence-corrected chi connectivity index (χ0v) is 22.3. The van der Waals surface area contributed by atoms with E-state index in [1.165, 1.54) is 0 Å². The summed E-state index contributed by atoms with van der Waals surface area (Å²) in [4.78, 5) is 40.5. The molecule has 7 nitrogen and oxygen atoms in total. The lowest BCUT2D eigenvalue weighted by Gasteiger charge is -2.32. The van der Waals surface area contributed by atoms with Crippen LogP contribution in [-0.4, -0.2) is 48.0 Å². The maximum Gasteiger partial charge on any atom is 0.408 e. The molecule has 1 unspecified atom stereocenters. The van der Waals surface area contributed by atoms with Crippen LogP contribution >= 0.6 is 0 Å². The van der Waals surface area contributed by atoms with Crippen molar-refractivity contribution in [3.63, 3.8) is 0 Å². The highest BCUT2D eigenvalue weighted by Crippen LogP contribution is 2.25. The molecule has 0 bridgehead atoms. The molecule has 0 aliphatic rings. The van der Waals surface area contributed by atoms with Gasteiger partial charge in [0.05, 0.1) is 0 Å². The van der Waals surface area contributed by atoms with E-state index < -0.39 is 17.7 Å². The second-order valence-electron chi connectivity index (χ2n) is 9.97. The van der Waals surface area contributed by atoms with Gasteiger partial charge < -0.3 is 20.3 Å². The van der Waals surface area contributed by atoms with Crippen LogP contribution in [0.5, 0.6) is 0 Å². The lowest BCUT2D eigenvalue weighted by Crippen LogP contribution is -2.48. The lowest BCUT2D eigenvalue weighted by molar-refractivity contribution is -0.140. The fourth-order valence-corrected chi connectivity index (χ4v) is 3.82. The van der Waals surface area contributed by atoms with E-state index in [4.69, 9.17) is 4.74 Å². The summed E-state index contributed by atoms with van der Waals surface area (Å²) in [6.45, 7) is 14.3. The molecule has 2 N–H and O–H groups in total. The molecule has 0 radical (unpaired) electrons. The first-order chi connectivity index (χ1) is 16.0. The van der Waals surface area contributed by atoms with Gasteiger partial charge >= 0.3 is 6.09 Å². The number of alkyl carbamates (subject to hydrolysis) is 1. The highest BCUT2D eigenvalue weighted by molar-refractivity contribution is 5.90. The summed E-state index contributed by atoms with van der Waals surface area (Å²) in [5.41, 5.74) is 2.19. The predicted molar refractivity (Wildman–Crippen MR) is 137 cm³/mol. The van der Waals surface area contributed by atoms with Crippen molar-refractivity contribution in [3.05, 3.63) is 34.9 Å². The summed E-state index contributed by atoms with van der Waals surface area (Å²) < 4.78 is 5.27. The van der Waals surface area contributed by atoms with Crippen molar-refractivity contribution in [2.75, 3.05) is 19.6 Å². The van der Waals surface area contributed by atoms with E-state index in [-0.39, 0.29) is 18.4 Å². The molecule has 3 amide bonds. The number of benzene rings is 1. The first kappa shape index (κ1) is 29.5. The minimum Gasteiger partial charge on any atom is -0.444 e. The van der Waals surface area contributed by atoms with Crippen LogP contribution in [0.4, 0.5) is 4.79 Å². The summed E-state index contributed by atoms with van der Waals surface area (Å²) in [5.74, 6) is -0.502. The second kappa shape index (κ2) is 14.6. The highest BCUT2D eigenvalue weighted by Gasteiger charge is 2.31. The Morgan fingerprint density at radius 1 is 0.912 bits per heavy atom. The van der Waals surface area contributed by atoms with Crippen LogP contribution in [-0.2, 0) is 14.3 Å². The summed E-state index contributed by atoms with van der Waals surface area (Å²) in [7, 11) is 0. The van der Waals surface area contributed by atoms with Gasteiger partial charge in [-0.15, -0.1) is 0 Å². The smallest absolute Gasteiger partial charge is 0.408 e. The summed E-state index contributed by atoms with van der Waals surface area (Å²) in [6.07, 6.45) is 5.06. The Morgan fingerprint density at radius 2 is 1.50 bits per heavy atom. The number of amides is 3. The molecule has 192 valence electrons. The van der Waals surface area contributed by atoms with Crippen LogP contribution in [0.3, 0.4) is 0 Å². The summed E-state index contributed by atoms with van der Waals surface area (Å²) in [6, 6.07) is 5.22. The third-order valence-corrected chi connectivity index (χ3v) is 5.31. The van der Waals surface area contributed by atoms with E-state index in [0.29, 0.717) is 13.1 Å². The molecule has 1 aromatic rings. The molecule has 0 spiro atoms. The lowest BCUT2D eigenvalue weighted by atomic mass is 9.98. The van der Waals surface area contributed by atoms with Gasteiger partial charge in [-0.05, 0) is 53.0 Å². The van der Waals surface area contributed by atoms with Gasteiger partial charge in [-0.2, -0.15) is 0 Å². The number of hydrogen-bond acceptors (Lipinski definition) is 4. The Kier molecular flexibility index (Phi) is 12.7. The van der Waals surface area contributed by atoms with Crippen molar-refractivity contribution >= 4 is 17.9 Å². The van der Waals surface area contributed by atoms with E-state index in [2.05, 4.69) is 24.5 Å².